The third-order valence-electron chi connectivity index (χ3n) is 3.03. The van der Waals surface area contributed by atoms with Gasteiger partial charge in [0.2, 0.25) is 0 Å². The van der Waals surface area contributed by atoms with Gasteiger partial charge in [-0.2, -0.15) is 0 Å². The van der Waals surface area contributed by atoms with Crippen LogP contribution in [0.1, 0.15) is 5.56 Å². The van der Waals surface area contributed by atoms with Gasteiger partial charge in [-0.25, -0.2) is 4.98 Å². The molecule has 2 aromatic rings. The lowest BCUT2D eigenvalue weighted by Gasteiger charge is -2.20. The van der Waals surface area contributed by atoms with Crippen molar-refractivity contribution in [2.24, 2.45) is 10.9 Å². The van der Waals surface area contributed by atoms with Crippen molar-refractivity contribution in [2.45, 2.75) is 0 Å². The Hall–Kier alpha value is -2.47. The van der Waals surface area contributed by atoms with Gasteiger partial charge in [0.25, 0.3) is 0 Å². The number of methoxy groups -OCH3 is 1. The van der Waals surface area contributed by atoms with Crippen LogP contribution in [0.25, 0.3) is 0 Å². The van der Waals surface area contributed by atoms with Crippen molar-refractivity contribution in [1.82, 2.24) is 4.98 Å². The monoisotopic (exact) mass is 306 g/mol. The first-order valence-corrected chi connectivity index (χ1v) is 6.46. The summed E-state index contributed by atoms with van der Waals surface area (Å²) in [4.78, 5) is 6.05. The lowest BCUT2D eigenvalue weighted by molar-refractivity contribution is 0.318. The van der Waals surface area contributed by atoms with E-state index >= 15 is 0 Å². The summed E-state index contributed by atoms with van der Waals surface area (Å²) < 4.78 is 5.12. The lowest BCUT2D eigenvalue weighted by Crippen LogP contribution is -2.17. The van der Waals surface area contributed by atoms with Crippen LogP contribution in [0.5, 0.6) is 5.75 Å². The zero-order valence-corrected chi connectivity index (χ0v) is 12.4. The number of hydrogen-bond donors (Lipinski definition) is 2. The van der Waals surface area contributed by atoms with Crippen molar-refractivity contribution in [1.29, 1.82) is 0 Å². The fourth-order valence-electron chi connectivity index (χ4n) is 1.85. The highest BCUT2D eigenvalue weighted by Crippen LogP contribution is 2.31. The topological polar surface area (TPSA) is 84.0 Å². The van der Waals surface area contributed by atoms with E-state index in [9.17, 15) is 0 Å². The van der Waals surface area contributed by atoms with E-state index in [-0.39, 0.29) is 5.84 Å². The van der Waals surface area contributed by atoms with Crippen molar-refractivity contribution in [3.63, 3.8) is 0 Å². The maximum absolute atomic E-state index is 8.77. The number of nitrogens with zero attached hydrogens (tertiary/aromatic N) is 3. The summed E-state index contributed by atoms with van der Waals surface area (Å²) >= 11 is 6.28. The summed E-state index contributed by atoms with van der Waals surface area (Å²) in [6, 6.07) is 9.03. The molecule has 0 spiro atoms. The number of nitrogens with two attached hydrogens (primary N) is 1. The molecule has 1 heterocycles. The molecule has 0 aliphatic rings. The van der Waals surface area contributed by atoms with Crippen molar-refractivity contribution in [3.8, 4) is 5.75 Å². The van der Waals surface area contributed by atoms with E-state index in [0.717, 1.165) is 11.4 Å². The van der Waals surface area contributed by atoms with E-state index in [1.165, 1.54) is 0 Å². The Bertz CT molecular complexity index is 659. The molecule has 6 nitrogen and oxygen atoms in total. The number of benzene rings is 1. The molecule has 0 aliphatic carbocycles. The molecule has 3 N–H and O–H groups in total. The number of rotatable bonds is 4. The maximum Gasteiger partial charge on any atom is 0.171 e. The van der Waals surface area contributed by atoms with E-state index < -0.39 is 0 Å². The molecule has 110 valence electrons. The minimum Gasteiger partial charge on any atom is -0.497 e. The Labute approximate surface area is 127 Å². The SMILES string of the molecule is COc1ccc(N(C)c2nccc(/C(N)=N/O)c2Cl)cc1. The van der Waals surface area contributed by atoms with Crippen LogP contribution in [0.2, 0.25) is 5.02 Å². The summed E-state index contributed by atoms with van der Waals surface area (Å²) in [5, 5.41) is 12.0. The standard InChI is InChI=1S/C14H15ClN4O2/c1-19(9-3-5-10(21-2)6-4-9)14-12(15)11(7-8-17-14)13(16)18-20/h3-8,20H,1-2H3,(H2,16,18). The number of pyridine rings is 1. The summed E-state index contributed by atoms with van der Waals surface area (Å²) in [5.74, 6) is 1.20. The number of halogens is 1. The second-order valence-corrected chi connectivity index (χ2v) is 4.62. The first kappa shape index (κ1) is 14.9. The largest absolute Gasteiger partial charge is 0.497 e. The normalized spacial score (nSPS) is 11.3. The van der Waals surface area contributed by atoms with Gasteiger partial charge in [0.1, 0.15) is 5.75 Å². The van der Waals surface area contributed by atoms with Gasteiger partial charge in [-0.3, -0.25) is 0 Å². The molecular weight excluding hydrogens is 292 g/mol. The number of amidine groups is 1. The Morgan fingerprint density at radius 3 is 2.57 bits per heavy atom. The minimum absolute atomic E-state index is 0.0632. The van der Waals surface area contributed by atoms with Crippen LogP contribution in [0.3, 0.4) is 0 Å². The van der Waals surface area contributed by atoms with Crippen LogP contribution in [-0.2, 0) is 0 Å². The molecule has 0 fully saturated rings. The third kappa shape index (κ3) is 3.00. The summed E-state index contributed by atoms with van der Waals surface area (Å²) in [6.07, 6.45) is 1.55. The zero-order chi connectivity index (χ0) is 15.4. The highest BCUT2D eigenvalue weighted by Gasteiger charge is 2.15. The fourth-order valence-corrected chi connectivity index (χ4v) is 2.18. The number of hydrogen-bond acceptors (Lipinski definition) is 5. The number of ether oxygens (including phenoxy) is 1. The minimum atomic E-state index is -0.0632. The van der Waals surface area contributed by atoms with E-state index in [4.69, 9.17) is 27.3 Å². The highest BCUT2D eigenvalue weighted by atomic mass is 35.5. The smallest absolute Gasteiger partial charge is 0.171 e. The molecule has 2 rings (SSSR count). The van der Waals surface area contributed by atoms with E-state index in [1.807, 2.05) is 31.3 Å². The van der Waals surface area contributed by atoms with Gasteiger partial charge in [0.15, 0.2) is 11.7 Å². The molecule has 1 aromatic carbocycles. The number of oxime groups is 1. The predicted octanol–water partition coefficient (Wildman–Crippen LogP) is 2.61. The first-order chi connectivity index (χ1) is 10.1. The first-order valence-electron chi connectivity index (χ1n) is 6.08. The molecule has 0 bridgehead atoms. The van der Waals surface area contributed by atoms with Gasteiger partial charge in [-0.1, -0.05) is 16.8 Å². The Morgan fingerprint density at radius 2 is 2.00 bits per heavy atom. The van der Waals surface area contributed by atoms with Crippen LogP contribution in [0.15, 0.2) is 41.7 Å². The molecule has 0 saturated heterocycles. The molecule has 0 amide bonds. The summed E-state index contributed by atoms with van der Waals surface area (Å²) in [7, 11) is 3.43. The van der Waals surface area contributed by atoms with Crippen molar-refractivity contribution in [3.05, 3.63) is 47.1 Å². The molecule has 1 aromatic heterocycles. The molecule has 0 aliphatic heterocycles. The van der Waals surface area contributed by atoms with Crippen molar-refractivity contribution in [2.75, 3.05) is 19.1 Å². The van der Waals surface area contributed by atoms with Gasteiger partial charge < -0.3 is 20.6 Å². The van der Waals surface area contributed by atoms with Crippen LogP contribution in [0.4, 0.5) is 11.5 Å². The van der Waals surface area contributed by atoms with Gasteiger partial charge in [0, 0.05) is 24.5 Å². The summed E-state index contributed by atoms with van der Waals surface area (Å²) in [6.45, 7) is 0. The second kappa shape index (κ2) is 6.32. The molecule has 7 heteroatoms. The van der Waals surface area contributed by atoms with Crippen LogP contribution in [0, 0.1) is 0 Å². The molecule has 0 unspecified atom stereocenters. The average molecular weight is 307 g/mol. The number of anilines is 2. The average Bonchev–Trinajstić information content (AvgIpc) is 2.54. The van der Waals surface area contributed by atoms with E-state index in [1.54, 1.807) is 24.3 Å². The predicted molar refractivity (Wildman–Crippen MR) is 82.8 cm³/mol. The lowest BCUT2D eigenvalue weighted by atomic mass is 10.2. The molecule has 0 atom stereocenters. The Balaban J connectivity index is 2.40. The van der Waals surface area contributed by atoms with Crippen molar-refractivity contribution < 1.29 is 9.94 Å². The Kier molecular flexibility index (Phi) is 4.49. The number of aromatic nitrogens is 1. The van der Waals surface area contributed by atoms with Gasteiger partial charge in [-0.05, 0) is 30.3 Å². The van der Waals surface area contributed by atoms with Gasteiger partial charge >= 0.3 is 0 Å². The molecule has 0 radical (unpaired) electrons. The molecular formula is C14H15ClN4O2. The maximum atomic E-state index is 8.77. The molecule has 21 heavy (non-hydrogen) atoms. The summed E-state index contributed by atoms with van der Waals surface area (Å²) in [5.41, 5.74) is 6.89. The van der Waals surface area contributed by atoms with Crippen LogP contribution < -0.4 is 15.4 Å². The van der Waals surface area contributed by atoms with E-state index in [2.05, 4.69) is 10.1 Å². The van der Waals surface area contributed by atoms with Crippen LogP contribution >= 0.6 is 11.6 Å². The Morgan fingerprint density at radius 1 is 1.33 bits per heavy atom. The fraction of sp³-hybridized carbons (Fsp3) is 0.143. The van der Waals surface area contributed by atoms with Crippen LogP contribution in [-0.4, -0.2) is 30.2 Å². The second-order valence-electron chi connectivity index (χ2n) is 4.24. The van der Waals surface area contributed by atoms with Crippen molar-refractivity contribution >= 4 is 28.9 Å². The van der Waals surface area contributed by atoms with Gasteiger partial charge in [0.05, 0.1) is 12.1 Å². The quantitative estimate of drug-likeness (QED) is 0.392. The third-order valence-corrected chi connectivity index (χ3v) is 3.40. The zero-order valence-electron chi connectivity index (χ0n) is 11.6. The highest BCUT2D eigenvalue weighted by molar-refractivity contribution is 6.36. The van der Waals surface area contributed by atoms with Gasteiger partial charge in [-0.15, -0.1) is 0 Å². The molecule has 0 saturated carbocycles. The van der Waals surface area contributed by atoms with E-state index in [0.29, 0.717) is 16.4 Å².